The van der Waals surface area contributed by atoms with Crippen molar-refractivity contribution in [2.45, 2.75) is 24.7 Å². The molecule has 0 spiro atoms. The Balaban J connectivity index is 1.83. The molecule has 0 bridgehead atoms. The van der Waals surface area contributed by atoms with Crippen molar-refractivity contribution in [3.8, 4) is 0 Å². The second-order valence-corrected chi connectivity index (χ2v) is 9.26. The van der Waals surface area contributed by atoms with Crippen molar-refractivity contribution < 1.29 is 13.2 Å². The molecule has 28 heavy (non-hydrogen) atoms. The lowest BCUT2D eigenvalue weighted by Gasteiger charge is -2.31. The molecule has 3 N–H and O–H groups in total. The average molecular weight is 471 g/mol. The number of anilines is 1. The summed E-state index contributed by atoms with van der Waals surface area (Å²) in [5, 5.41) is 2.80. The van der Waals surface area contributed by atoms with Crippen LogP contribution in [-0.2, 0) is 14.8 Å². The largest absolute Gasteiger partial charge is 0.325 e. The number of piperidine rings is 1. The molecule has 3 rings (SSSR count). The van der Waals surface area contributed by atoms with Crippen molar-refractivity contribution in [2.75, 3.05) is 18.4 Å². The Hall–Kier alpha value is -2.24. The number of nitrogens with one attached hydrogen (secondary N) is 3. The molecule has 0 aliphatic carbocycles. The van der Waals surface area contributed by atoms with Crippen LogP contribution in [0.2, 0.25) is 0 Å². The van der Waals surface area contributed by atoms with E-state index in [9.17, 15) is 22.8 Å². The van der Waals surface area contributed by atoms with E-state index in [1.807, 2.05) is 11.1 Å². The van der Waals surface area contributed by atoms with Crippen LogP contribution < -0.4 is 16.6 Å². The number of H-pyrrole nitrogens is 2. The van der Waals surface area contributed by atoms with E-state index in [0.29, 0.717) is 18.5 Å². The molecule has 1 aliphatic heterocycles. The van der Waals surface area contributed by atoms with E-state index < -0.39 is 32.1 Å². The third-order valence-corrected chi connectivity index (χ3v) is 7.27. The summed E-state index contributed by atoms with van der Waals surface area (Å²) in [7, 11) is -4.16. The Kier molecular flexibility index (Phi) is 5.87. The van der Waals surface area contributed by atoms with E-state index in [-0.39, 0.29) is 24.7 Å². The highest BCUT2D eigenvalue weighted by atomic mass is 79.9. The highest BCUT2D eigenvalue weighted by Gasteiger charge is 2.36. The van der Waals surface area contributed by atoms with Gasteiger partial charge in [0.05, 0.1) is 11.6 Å². The van der Waals surface area contributed by atoms with Gasteiger partial charge in [0.1, 0.15) is 0 Å². The highest BCUT2D eigenvalue weighted by Crippen LogP contribution is 2.26. The summed E-state index contributed by atoms with van der Waals surface area (Å²) in [5.74, 6) is -0.850. The summed E-state index contributed by atoms with van der Waals surface area (Å²) in [4.78, 5) is 39.8. The summed E-state index contributed by atoms with van der Waals surface area (Å²) in [6.07, 6.45) is 1.01. The summed E-state index contributed by atoms with van der Waals surface area (Å²) in [6.45, 7) is 1.50. The van der Waals surface area contributed by atoms with Gasteiger partial charge in [-0.3, -0.25) is 14.6 Å². The third-order valence-electron chi connectivity index (χ3n) is 4.56. The number of aryl methyl sites for hydroxylation is 1. The lowest BCUT2D eigenvalue weighted by Crippen LogP contribution is -2.45. The van der Waals surface area contributed by atoms with Gasteiger partial charge in [-0.1, -0.05) is 12.1 Å². The normalized spacial score (nSPS) is 18.0. The van der Waals surface area contributed by atoms with Crippen LogP contribution in [0, 0.1) is 12.8 Å². The number of sulfonamides is 1. The van der Waals surface area contributed by atoms with Gasteiger partial charge in [-0.15, -0.1) is 0 Å². The van der Waals surface area contributed by atoms with Gasteiger partial charge in [-0.25, -0.2) is 13.2 Å². The zero-order chi connectivity index (χ0) is 20.5. The molecule has 150 valence electrons. The maximum atomic E-state index is 13.0. The van der Waals surface area contributed by atoms with E-state index in [1.54, 1.807) is 18.2 Å². The van der Waals surface area contributed by atoms with Crippen molar-refractivity contribution >= 4 is 37.5 Å². The van der Waals surface area contributed by atoms with E-state index in [2.05, 4.69) is 26.2 Å². The zero-order valence-electron chi connectivity index (χ0n) is 15.0. The Morgan fingerprint density at radius 1 is 1.25 bits per heavy atom. The molecule has 1 aromatic heterocycles. The molecule has 1 aromatic carbocycles. The molecule has 2 aromatic rings. The minimum atomic E-state index is -4.16. The molecule has 1 aliphatic rings. The fourth-order valence-electron chi connectivity index (χ4n) is 3.20. The lowest BCUT2D eigenvalue weighted by atomic mass is 9.99. The predicted octanol–water partition coefficient (Wildman–Crippen LogP) is 1.17. The molecule has 1 fully saturated rings. The monoisotopic (exact) mass is 470 g/mol. The smallest absolute Gasteiger partial charge is 0.325 e. The summed E-state index contributed by atoms with van der Waals surface area (Å²) >= 11 is 3.36. The Morgan fingerprint density at radius 2 is 1.96 bits per heavy atom. The number of nitrogens with zero attached hydrogens (tertiary/aromatic N) is 1. The fourth-order valence-corrected chi connectivity index (χ4v) is 5.31. The number of para-hydroxylation sites is 1. The van der Waals surface area contributed by atoms with Gasteiger partial charge in [0.2, 0.25) is 15.9 Å². The van der Waals surface area contributed by atoms with Gasteiger partial charge in [-0.05, 0) is 47.8 Å². The summed E-state index contributed by atoms with van der Waals surface area (Å²) < 4.78 is 27.8. The number of hydrogen-bond acceptors (Lipinski definition) is 5. The van der Waals surface area contributed by atoms with Crippen LogP contribution in [0.25, 0.3) is 0 Å². The first kappa shape index (κ1) is 20.5. The number of carbonyl (C=O) groups is 1. The van der Waals surface area contributed by atoms with Gasteiger partial charge in [0.25, 0.3) is 5.56 Å². The Bertz CT molecular complexity index is 1120. The lowest BCUT2D eigenvalue weighted by molar-refractivity contribution is -0.120. The molecule has 1 saturated heterocycles. The van der Waals surface area contributed by atoms with E-state index in [4.69, 9.17) is 0 Å². The van der Waals surface area contributed by atoms with Crippen molar-refractivity contribution in [2.24, 2.45) is 5.92 Å². The molecule has 2 heterocycles. The first-order valence-electron chi connectivity index (χ1n) is 8.59. The molecule has 0 saturated carbocycles. The second kappa shape index (κ2) is 8.02. The van der Waals surface area contributed by atoms with Crippen LogP contribution in [0.15, 0.2) is 43.2 Å². The number of aromatic amines is 2. The topological polar surface area (TPSA) is 132 Å². The van der Waals surface area contributed by atoms with Crippen LogP contribution in [0.5, 0.6) is 0 Å². The average Bonchev–Trinajstić information content (AvgIpc) is 2.62. The zero-order valence-corrected chi connectivity index (χ0v) is 17.4. The maximum Gasteiger partial charge on any atom is 0.325 e. The number of carbonyl (C=O) groups excluding carboxylic acids is 1. The molecule has 11 heteroatoms. The number of aromatic nitrogens is 2. The van der Waals surface area contributed by atoms with Gasteiger partial charge in [0.15, 0.2) is 4.90 Å². The van der Waals surface area contributed by atoms with Gasteiger partial charge < -0.3 is 10.3 Å². The van der Waals surface area contributed by atoms with E-state index in [0.717, 1.165) is 8.78 Å². The van der Waals surface area contributed by atoms with Gasteiger partial charge >= 0.3 is 5.69 Å². The van der Waals surface area contributed by atoms with Crippen LogP contribution in [0.3, 0.4) is 0 Å². The summed E-state index contributed by atoms with van der Waals surface area (Å²) in [5.41, 5.74) is -1.18. The number of rotatable bonds is 4. The predicted molar refractivity (Wildman–Crippen MR) is 107 cm³/mol. The van der Waals surface area contributed by atoms with Crippen molar-refractivity contribution in [1.82, 2.24) is 14.3 Å². The first-order chi connectivity index (χ1) is 13.2. The van der Waals surface area contributed by atoms with Gasteiger partial charge in [-0.2, -0.15) is 4.31 Å². The number of halogens is 1. The maximum absolute atomic E-state index is 13.0. The van der Waals surface area contributed by atoms with E-state index >= 15 is 0 Å². The van der Waals surface area contributed by atoms with Crippen molar-refractivity contribution in [1.29, 1.82) is 0 Å². The summed E-state index contributed by atoms with van der Waals surface area (Å²) in [6, 6.07) is 7.13. The molecule has 0 unspecified atom stereocenters. The fraction of sp³-hybridized carbons (Fsp3) is 0.353. The molecule has 1 atom stereocenters. The number of amides is 1. The van der Waals surface area contributed by atoms with Crippen molar-refractivity contribution in [3.05, 3.63) is 55.3 Å². The van der Waals surface area contributed by atoms with Crippen LogP contribution in [-0.4, -0.2) is 41.7 Å². The minimum absolute atomic E-state index is 0.0338. The highest BCUT2D eigenvalue weighted by molar-refractivity contribution is 9.10. The first-order valence-corrected chi connectivity index (χ1v) is 10.8. The molecule has 1 amide bonds. The standard InChI is InChI=1S/C17H19BrN4O5S/c1-10-14(16(24)21-17(25)19-10)28(26,27)22-8-4-5-11(9-22)15(23)20-13-7-3-2-6-12(13)18/h2-3,6-7,11H,4-5,8-9H2,1H3,(H,20,23)(H2,19,21,24,25)/t11-/m0/s1. The van der Waals surface area contributed by atoms with Crippen LogP contribution in [0.1, 0.15) is 18.5 Å². The van der Waals surface area contributed by atoms with Gasteiger partial charge in [0, 0.05) is 23.3 Å². The number of hydrogen-bond donors (Lipinski definition) is 3. The third kappa shape index (κ3) is 4.10. The second-order valence-electron chi connectivity index (χ2n) is 6.53. The SMILES string of the molecule is Cc1[nH]c(=O)[nH]c(=O)c1S(=O)(=O)N1CCC[C@H](C(=O)Nc2ccccc2Br)C1. The quantitative estimate of drug-likeness (QED) is 0.616. The Labute approximate surface area is 169 Å². The minimum Gasteiger partial charge on any atom is -0.325 e. The van der Waals surface area contributed by atoms with Crippen LogP contribution in [0.4, 0.5) is 5.69 Å². The molecule has 9 nitrogen and oxygen atoms in total. The molecular weight excluding hydrogens is 452 g/mol. The Morgan fingerprint density at radius 3 is 2.64 bits per heavy atom. The molecule has 0 radical (unpaired) electrons. The number of benzene rings is 1. The molecular formula is C17H19BrN4O5S. The van der Waals surface area contributed by atoms with E-state index in [1.165, 1.54) is 6.92 Å². The van der Waals surface area contributed by atoms with Crippen molar-refractivity contribution in [3.63, 3.8) is 0 Å². The van der Waals surface area contributed by atoms with Crippen LogP contribution >= 0.6 is 15.9 Å².